The van der Waals surface area contributed by atoms with Gasteiger partial charge in [0.25, 0.3) is 0 Å². The molecule has 0 amide bonds. The van der Waals surface area contributed by atoms with Gasteiger partial charge in [0.1, 0.15) is 5.82 Å². The summed E-state index contributed by atoms with van der Waals surface area (Å²) in [5.41, 5.74) is 1.51. The van der Waals surface area contributed by atoms with Crippen molar-refractivity contribution in [1.82, 2.24) is 4.98 Å². The Morgan fingerprint density at radius 2 is 2.23 bits per heavy atom. The number of benzene rings is 1. The van der Waals surface area contributed by atoms with Crippen LogP contribution in [-0.4, -0.2) is 4.98 Å². The van der Waals surface area contributed by atoms with E-state index in [1.807, 2.05) is 6.07 Å². The summed E-state index contributed by atoms with van der Waals surface area (Å²) in [6.45, 7) is 0. The Morgan fingerprint density at radius 3 is 2.92 bits per heavy atom. The van der Waals surface area contributed by atoms with E-state index >= 15 is 0 Å². The van der Waals surface area contributed by atoms with Crippen LogP contribution in [-0.2, 0) is 0 Å². The van der Waals surface area contributed by atoms with Gasteiger partial charge in [0.2, 0.25) is 0 Å². The molecule has 63 valence electrons. The van der Waals surface area contributed by atoms with E-state index in [1.54, 1.807) is 24.4 Å². The summed E-state index contributed by atoms with van der Waals surface area (Å²) in [5, 5.41) is 0. The largest absolute Gasteiger partial charge is 0.256 e. The van der Waals surface area contributed by atoms with Gasteiger partial charge in [-0.25, -0.2) is 4.39 Å². The Hall–Kier alpha value is -1.70. The lowest BCUT2D eigenvalue weighted by Crippen LogP contribution is -1.82. The van der Waals surface area contributed by atoms with Crippen LogP contribution in [0.2, 0.25) is 0 Å². The normalized spacial score (nSPS) is 9.92. The second kappa shape index (κ2) is 3.35. The van der Waals surface area contributed by atoms with Crippen LogP contribution in [0.15, 0.2) is 42.6 Å². The molecule has 0 unspecified atom stereocenters. The lowest BCUT2D eigenvalue weighted by atomic mass is 10.1. The van der Waals surface area contributed by atoms with Gasteiger partial charge in [0.15, 0.2) is 0 Å². The van der Waals surface area contributed by atoms with Crippen LogP contribution in [0.25, 0.3) is 11.3 Å². The number of aromatic nitrogens is 1. The maximum atomic E-state index is 12.8. The highest BCUT2D eigenvalue weighted by atomic mass is 19.1. The highest BCUT2D eigenvalue weighted by Crippen LogP contribution is 2.16. The van der Waals surface area contributed by atoms with E-state index in [0.29, 0.717) is 0 Å². The van der Waals surface area contributed by atoms with Crippen molar-refractivity contribution < 1.29 is 4.39 Å². The number of hydrogen-bond acceptors (Lipinski definition) is 1. The summed E-state index contributed by atoms with van der Waals surface area (Å²) in [6, 6.07) is 12.7. The number of halogens is 1. The molecule has 0 aliphatic rings. The maximum Gasteiger partial charge on any atom is 0.123 e. The summed E-state index contributed by atoms with van der Waals surface area (Å²) in [6.07, 6.45) is 1.64. The molecule has 1 aromatic carbocycles. The molecule has 2 rings (SSSR count). The van der Waals surface area contributed by atoms with Gasteiger partial charge < -0.3 is 0 Å². The fraction of sp³-hybridized carbons (Fsp3) is 0. The molecular formula is C11H7FN. The molecule has 0 aliphatic carbocycles. The Kier molecular flexibility index (Phi) is 2.04. The number of pyridine rings is 1. The summed E-state index contributed by atoms with van der Waals surface area (Å²) in [7, 11) is 0. The molecule has 0 atom stereocenters. The predicted molar refractivity (Wildman–Crippen MR) is 48.5 cm³/mol. The van der Waals surface area contributed by atoms with Crippen LogP contribution in [0.4, 0.5) is 4.39 Å². The first-order valence-electron chi connectivity index (χ1n) is 3.94. The van der Waals surface area contributed by atoms with E-state index in [-0.39, 0.29) is 5.82 Å². The monoisotopic (exact) mass is 172 g/mol. The van der Waals surface area contributed by atoms with Gasteiger partial charge in [0.05, 0.1) is 5.69 Å². The van der Waals surface area contributed by atoms with Crippen molar-refractivity contribution in [3.8, 4) is 11.3 Å². The lowest BCUT2D eigenvalue weighted by Gasteiger charge is -1.98. The minimum atomic E-state index is -0.247. The molecule has 1 aromatic heterocycles. The topological polar surface area (TPSA) is 12.9 Å². The van der Waals surface area contributed by atoms with Gasteiger partial charge in [-0.05, 0) is 30.3 Å². The molecule has 1 nitrogen and oxygen atoms in total. The molecule has 1 radical (unpaired) electrons. The summed E-state index contributed by atoms with van der Waals surface area (Å²) < 4.78 is 12.8. The van der Waals surface area contributed by atoms with E-state index in [2.05, 4.69) is 11.1 Å². The highest BCUT2D eigenvalue weighted by molar-refractivity contribution is 5.58. The lowest BCUT2D eigenvalue weighted by molar-refractivity contribution is 0.628. The first-order chi connectivity index (χ1) is 6.36. The third kappa shape index (κ3) is 1.72. The first-order valence-corrected chi connectivity index (χ1v) is 3.94. The van der Waals surface area contributed by atoms with Gasteiger partial charge in [-0.1, -0.05) is 12.1 Å². The zero-order chi connectivity index (χ0) is 9.10. The summed E-state index contributed by atoms with van der Waals surface area (Å²) >= 11 is 0. The maximum absolute atomic E-state index is 12.8. The van der Waals surface area contributed by atoms with Crippen LogP contribution < -0.4 is 0 Å². The van der Waals surface area contributed by atoms with Gasteiger partial charge in [-0.2, -0.15) is 0 Å². The zero-order valence-corrected chi connectivity index (χ0v) is 6.87. The predicted octanol–water partition coefficient (Wildman–Crippen LogP) is 2.69. The Labute approximate surface area is 75.9 Å². The van der Waals surface area contributed by atoms with Crippen LogP contribution in [0, 0.1) is 11.9 Å². The molecule has 0 N–H and O–H groups in total. The van der Waals surface area contributed by atoms with Gasteiger partial charge in [-0.15, -0.1) is 0 Å². The molecule has 1 heterocycles. The SMILES string of the molecule is Fc1cccc(-c2c[c]ccn2)c1. The van der Waals surface area contributed by atoms with Gasteiger partial charge in [-0.3, -0.25) is 4.98 Å². The standard InChI is InChI=1S/C11H7FN/c12-10-5-3-4-9(8-10)11-6-1-2-7-13-11/h2-8H. The molecule has 2 aromatic rings. The summed E-state index contributed by atoms with van der Waals surface area (Å²) in [5.74, 6) is -0.247. The van der Waals surface area contributed by atoms with Crippen molar-refractivity contribution in [1.29, 1.82) is 0 Å². The molecule has 0 fully saturated rings. The number of nitrogens with zero attached hydrogens (tertiary/aromatic N) is 1. The van der Waals surface area contributed by atoms with Crippen molar-refractivity contribution in [3.05, 3.63) is 54.5 Å². The Bertz CT molecular complexity index is 398. The molecule has 0 saturated heterocycles. The fourth-order valence-corrected chi connectivity index (χ4v) is 1.13. The molecule has 13 heavy (non-hydrogen) atoms. The van der Waals surface area contributed by atoms with Crippen molar-refractivity contribution in [2.24, 2.45) is 0 Å². The van der Waals surface area contributed by atoms with Crippen molar-refractivity contribution in [3.63, 3.8) is 0 Å². The molecule has 0 saturated carbocycles. The Balaban J connectivity index is 2.48. The minimum Gasteiger partial charge on any atom is -0.256 e. The van der Waals surface area contributed by atoms with E-state index in [1.165, 1.54) is 12.1 Å². The number of rotatable bonds is 1. The third-order valence-corrected chi connectivity index (χ3v) is 1.72. The molecule has 0 spiro atoms. The van der Waals surface area contributed by atoms with Crippen LogP contribution in [0.1, 0.15) is 0 Å². The van der Waals surface area contributed by atoms with E-state index < -0.39 is 0 Å². The summed E-state index contributed by atoms with van der Waals surface area (Å²) in [4.78, 5) is 4.09. The van der Waals surface area contributed by atoms with Crippen LogP contribution in [0.5, 0.6) is 0 Å². The molecular weight excluding hydrogens is 165 g/mol. The average Bonchev–Trinajstić information content (AvgIpc) is 2.19. The second-order valence-electron chi connectivity index (χ2n) is 2.65. The van der Waals surface area contributed by atoms with Crippen molar-refractivity contribution >= 4 is 0 Å². The van der Waals surface area contributed by atoms with Crippen molar-refractivity contribution in [2.45, 2.75) is 0 Å². The third-order valence-electron chi connectivity index (χ3n) is 1.72. The van der Waals surface area contributed by atoms with Crippen molar-refractivity contribution in [2.75, 3.05) is 0 Å². The van der Waals surface area contributed by atoms with Crippen LogP contribution in [0.3, 0.4) is 0 Å². The quantitative estimate of drug-likeness (QED) is 0.644. The fourth-order valence-electron chi connectivity index (χ4n) is 1.13. The molecule has 0 bridgehead atoms. The average molecular weight is 172 g/mol. The number of hydrogen-bond donors (Lipinski definition) is 0. The van der Waals surface area contributed by atoms with Gasteiger partial charge in [0, 0.05) is 11.8 Å². The molecule has 0 aliphatic heterocycles. The Morgan fingerprint density at radius 1 is 1.31 bits per heavy atom. The van der Waals surface area contributed by atoms with E-state index in [0.717, 1.165) is 11.3 Å². The van der Waals surface area contributed by atoms with E-state index in [9.17, 15) is 4.39 Å². The smallest absolute Gasteiger partial charge is 0.123 e. The van der Waals surface area contributed by atoms with Gasteiger partial charge >= 0.3 is 0 Å². The molecule has 2 heteroatoms. The second-order valence-corrected chi connectivity index (χ2v) is 2.65. The highest BCUT2D eigenvalue weighted by Gasteiger charge is 1.98. The van der Waals surface area contributed by atoms with Crippen LogP contribution >= 0.6 is 0 Å². The minimum absolute atomic E-state index is 0.247. The van der Waals surface area contributed by atoms with E-state index in [4.69, 9.17) is 0 Å². The first kappa shape index (κ1) is 7.92. The zero-order valence-electron chi connectivity index (χ0n) is 6.87.